The van der Waals surface area contributed by atoms with Crippen LogP contribution in [-0.4, -0.2) is 41.5 Å². The first-order chi connectivity index (χ1) is 13.9. The van der Waals surface area contributed by atoms with Crippen molar-refractivity contribution in [2.45, 2.75) is 69.0 Å². The zero-order valence-corrected chi connectivity index (χ0v) is 18.3. The van der Waals surface area contributed by atoms with E-state index >= 15 is 0 Å². The molecule has 0 saturated heterocycles. The van der Waals surface area contributed by atoms with Crippen LogP contribution in [0.4, 0.5) is 17.6 Å². The van der Waals surface area contributed by atoms with Crippen LogP contribution < -0.4 is 10.6 Å². The number of carbonyl (C=O) groups is 1. The largest absolute Gasteiger partial charge is 0.422 e. The predicted octanol–water partition coefficient (Wildman–Crippen LogP) is 3.97. The summed E-state index contributed by atoms with van der Waals surface area (Å²) in [6.45, 7) is 2.01. The molecule has 0 aromatic heterocycles. The molecule has 3 N–H and O–H groups in total. The average Bonchev–Trinajstić information content (AvgIpc) is 2.65. The van der Waals surface area contributed by atoms with Crippen LogP contribution in [0.5, 0.6) is 0 Å². The van der Waals surface area contributed by atoms with Gasteiger partial charge in [0.05, 0.1) is 18.7 Å². The van der Waals surface area contributed by atoms with Crippen LogP contribution in [0.15, 0.2) is 28.7 Å². The van der Waals surface area contributed by atoms with Crippen molar-refractivity contribution in [1.29, 1.82) is 0 Å². The third kappa shape index (κ3) is 6.19. The monoisotopic (exact) mass is 492 g/mol. The number of alkyl halides is 4. The highest BCUT2D eigenvalue weighted by Crippen LogP contribution is 2.40. The lowest BCUT2D eigenvalue weighted by atomic mass is 9.86. The smallest absolute Gasteiger partial charge is 0.394 e. The van der Waals surface area contributed by atoms with Gasteiger partial charge in [-0.1, -0.05) is 34.0 Å². The summed E-state index contributed by atoms with van der Waals surface area (Å²) in [6.07, 6.45) is -4.50. The van der Waals surface area contributed by atoms with Crippen LogP contribution in [0.3, 0.4) is 0 Å². The van der Waals surface area contributed by atoms with Crippen molar-refractivity contribution in [2.75, 3.05) is 6.61 Å². The maximum Gasteiger partial charge on any atom is 0.422 e. The number of nitrogens with one attached hydrogen (secondary N) is 2. The third-order valence-corrected chi connectivity index (χ3v) is 5.32. The van der Waals surface area contributed by atoms with E-state index in [2.05, 4.69) is 38.4 Å². The normalized spacial score (nSPS) is 26.2. The second kappa shape index (κ2) is 9.67. The molecular weight excluding hydrogens is 468 g/mol. The third-order valence-electron chi connectivity index (χ3n) is 4.80. The molecule has 0 fully saturated rings. The fraction of sp³-hybridized carbons (Fsp3) is 0.571. The highest BCUT2D eigenvalue weighted by molar-refractivity contribution is 9.10. The Bertz CT molecular complexity index is 796. The van der Waals surface area contributed by atoms with Gasteiger partial charge in [0.1, 0.15) is 5.67 Å². The summed E-state index contributed by atoms with van der Waals surface area (Å²) in [5.74, 6) is 4.08. The van der Waals surface area contributed by atoms with E-state index in [0.717, 1.165) is 0 Å². The molecule has 0 saturated carbocycles. The molecule has 1 aliphatic rings. The molecule has 166 valence electrons. The second-order valence-electron chi connectivity index (χ2n) is 7.96. The predicted molar refractivity (Wildman–Crippen MR) is 109 cm³/mol. The molecule has 0 bridgehead atoms. The van der Waals surface area contributed by atoms with Gasteiger partial charge in [-0.05, 0) is 44.4 Å². The minimum Gasteiger partial charge on any atom is -0.394 e. The summed E-state index contributed by atoms with van der Waals surface area (Å²) in [5, 5.41) is 14.4. The minimum atomic E-state index is -4.89. The Kier molecular flexibility index (Phi) is 7.94. The van der Waals surface area contributed by atoms with E-state index in [-0.39, 0.29) is 18.6 Å². The molecule has 2 rings (SSSR count). The van der Waals surface area contributed by atoms with Gasteiger partial charge in [-0.3, -0.25) is 10.1 Å². The lowest BCUT2D eigenvalue weighted by molar-refractivity contribution is -0.185. The number of aliphatic hydroxyl groups excluding tert-OH is 1. The summed E-state index contributed by atoms with van der Waals surface area (Å²) in [4.78, 5) is 12.8. The molecule has 1 aromatic carbocycles. The molecule has 3 atom stereocenters. The summed E-state index contributed by atoms with van der Waals surface area (Å²) in [7, 11) is 0. The highest BCUT2D eigenvalue weighted by atomic mass is 79.9. The Morgan fingerprint density at radius 1 is 1.23 bits per heavy atom. The van der Waals surface area contributed by atoms with E-state index in [0.29, 0.717) is 17.3 Å². The van der Waals surface area contributed by atoms with Crippen molar-refractivity contribution in [3.8, 4) is 11.8 Å². The quantitative estimate of drug-likeness (QED) is 0.440. The summed E-state index contributed by atoms with van der Waals surface area (Å²) >= 11 is 3.20. The SMILES string of the molecule is CC(C)(F)C[C@@H]1N[C@@](c2ccc(Br)cc2)(C(F)(F)F)C#CCCC[C@@H](CO)NC1=O. The Hall–Kier alpha value is -1.63. The molecule has 4 nitrogen and oxygen atoms in total. The minimum absolute atomic E-state index is 0.154. The Morgan fingerprint density at radius 2 is 1.87 bits per heavy atom. The first kappa shape index (κ1) is 24.6. The number of hydrogen-bond donors (Lipinski definition) is 3. The van der Waals surface area contributed by atoms with Crippen LogP contribution in [-0.2, 0) is 10.3 Å². The number of halogens is 5. The zero-order valence-electron chi connectivity index (χ0n) is 16.7. The topological polar surface area (TPSA) is 61.4 Å². The van der Waals surface area contributed by atoms with E-state index in [1.807, 2.05) is 0 Å². The van der Waals surface area contributed by atoms with E-state index in [9.17, 15) is 27.5 Å². The van der Waals surface area contributed by atoms with Crippen LogP contribution in [0.1, 0.15) is 45.1 Å². The van der Waals surface area contributed by atoms with Gasteiger partial charge in [0.2, 0.25) is 11.4 Å². The van der Waals surface area contributed by atoms with Crippen LogP contribution in [0.25, 0.3) is 0 Å². The average molecular weight is 493 g/mol. The Morgan fingerprint density at radius 3 is 2.40 bits per heavy atom. The Labute approximate surface area is 181 Å². The van der Waals surface area contributed by atoms with Gasteiger partial charge >= 0.3 is 6.18 Å². The van der Waals surface area contributed by atoms with Crippen LogP contribution in [0.2, 0.25) is 0 Å². The first-order valence-corrected chi connectivity index (χ1v) is 10.4. The molecular formula is C21H25BrF4N2O2. The number of aliphatic hydroxyl groups is 1. The van der Waals surface area contributed by atoms with E-state index in [1.54, 1.807) is 0 Å². The molecule has 0 unspecified atom stereocenters. The number of amides is 1. The maximum atomic E-state index is 14.5. The van der Waals surface area contributed by atoms with Crippen molar-refractivity contribution in [3.05, 3.63) is 34.3 Å². The first-order valence-electron chi connectivity index (χ1n) is 9.58. The van der Waals surface area contributed by atoms with E-state index in [1.165, 1.54) is 38.1 Å². The fourth-order valence-corrected chi connectivity index (χ4v) is 3.57. The summed E-state index contributed by atoms with van der Waals surface area (Å²) < 4.78 is 58.4. The van der Waals surface area contributed by atoms with Crippen molar-refractivity contribution in [2.24, 2.45) is 0 Å². The van der Waals surface area contributed by atoms with Crippen molar-refractivity contribution >= 4 is 21.8 Å². The number of benzene rings is 1. The molecule has 9 heteroatoms. The Balaban J connectivity index is 2.63. The number of rotatable bonds is 4. The van der Waals surface area contributed by atoms with Crippen LogP contribution in [0, 0.1) is 11.8 Å². The van der Waals surface area contributed by atoms with Crippen molar-refractivity contribution < 1.29 is 27.5 Å². The van der Waals surface area contributed by atoms with Crippen LogP contribution >= 0.6 is 15.9 Å². The van der Waals surface area contributed by atoms with E-state index < -0.39 is 41.8 Å². The van der Waals surface area contributed by atoms with Gasteiger partial charge in [-0.25, -0.2) is 4.39 Å². The molecule has 1 aromatic rings. The summed E-state index contributed by atoms with van der Waals surface area (Å²) in [6, 6.07) is 3.27. The maximum absolute atomic E-state index is 14.5. The molecule has 1 amide bonds. The van der Waals surface area contributed by atoms with E-state index in [4.69, 9.17) is 0 Å². The van der Waals surface area contributed by atoms with Gasteiger partial charge in [-0.15, -0.1) is 5.92 Å². The zero-order chi connectivity index (χ0) is 22.6. The lowest BCUT2D eigenvalue weighted by Crippen LogP contribution is -2.61. The van der Waals surface area contributed by atoms with Gasteiger partial charge in [0.25, 0.3) is 0 Å². The number of carbonyl (C=O) groups excluding carboxylic acids is 1. The van der Waals surface area contributed by atoms with Gasteiger partial charge < -0.3 is 10.4 Å². The van der Waals surface area contributed by atoms with Gasteiger partial charge in [0, 0.05) is 17.3 Å². The molecule has 0 spiro atoms. The number of hydrogen-bond acceptors (Lipinski definition) is 3. The van der Waals surface area contributed by atoms with Crippen molar-refractivity contribution in [1.82, 2.24) is 10.6 Å². The lowest BCUT2D eigenvalue weighted by Gasteiger charge is -2.37. The molecule has 1 aliphatic heterocycles. The summed E-state index contributed by atoms with van der Waals surface area (Å²) in [5.41, 5.74) is -4.98. The van der Waals surface area contributed by atoms with Gasteiger partial charge in [0.15, 0.2) is 0 Å². The fourth-order valence-electron chi connectivity index (χ4n) is 3.31. The molecule has 0 aliphatic carbocycles. The standard InChI is InChI=1S/C21H25BrF4N2O2/c1-19(2,23)12-17-18(30)27-16(13-29)6-4-3-5-11-20(28-17,21(24,25)26)14-7-9-15(22)10-8-14/h7-10,16-17,28-29H,3-4,6,12-13H2,1-2H3,(H,27,30)/t16-,17-,20-/m0/s1. The highest BCUT2D eigenvalue weighted by Gasteiger charge is 2.57. The van der Waals surface area contributed by atoms with Crippen molar-refractivity contribution in [3.63, 3.8) is 0 Å². The molecule has 0 radical (unpaired) electrons. The van der Waals surface area contributed by atoms with Gasteiger partial charge in [-0.2, -0.15) is 13.2 Å². The second-order valence-corrected chi connectivity index (χ2v) is 8.87. The molecule has 30 heavy (non-hydrogen) atoms. The molecule has 1 heterocycles.